The van der Waals surface area contributed by atoms with E-state index in [1.54, 1.807) is 0 Å². The zero-order valence-corrected chi connectivity index (χ0v) is 13.4. The number of likely N-dealkylation sites (N-methyl/N-ethyl adjacent to an activating group) is 1. The van der Waals surface area contributed by atoms with Crippen LogP contribution in [0.5, 0.6) is 0 Å². The van der Waals surface area contributed by atoms with Gasteiger partial charge in [-0.15, -0.1) is 0 Å². The third-order valence-corrected chi connectivity index (χ3v) is 4.39. The molecule has 8 heteroatoms. The molecule has 1 rings (SSSR count). The number of hydrogen-bond donors (Lipinski definition) is 2. The molecule has 0 spiro atoms. The maximum atomic E-state index is 12.7. The Balaban J connectivity index is 2.43. The summed E-state index contributed by atoms with van der Waals surface area (Å²) in [5, 5.41) is 12.3. The average Bonchev–Trinajstić information content (AvgIpc) is 2.45. The van der Waals surface area contributed by atoms with Gasteiger partial charge in [-0.1, -0.05) is 13.8 Å². The van der Waals surface area contributed by atoms with E-state index in [9.17, 15) is 23.1 Å². The Hall–Kier alpha value is -1.02. The second-order valence-electron chi connectivity index (χ2n) is 5.77. The van der Waals surface area contributed by atoms with Crippen molar-refractivity contribution in [3.05, 3.63) is 0 Å². The highest BCUT2D eigenvalue weighted by atomic mass is 19.4. The Morgan fingerprint density at radius 1 is 1.32 bits per heavy atom. The minimum Gasteiger partial charge on any atom is -0.380 e. The fourth-order valence-corrected chi connectivity index (χ4v) is 2.69. The Morgan fingerprint density at radius 2 is 1.82 bits per heavy atom. The van der Waals surface area contributed by atoms with Gasteiger partial charge in [-0.25, -0.2) is 4.79 Å². The molecule has 0 aromatic carbocycles. The molecule has 1 atom stereocenters. The summed E-state index contributed by atoms with van der Waals surface area (Å²) in [7, 11) is 0. The molecule has 1 saturated heterocycles. The number of hydrogen-bond acceptors (Lipinski definition) is 3. The number of rotatable bonds is 5. The van der Waals surface area contributed by atoms with Crippen LogP contribution in [-0.2, 0) is 0 Å². The van der Waals surface area contributed by atoms with Gasteiger partial charge in [-0.3, -0.25) is 4.90 Å². The van der Waals surface area contributed by atoms with Crippen molar-refractivity contribution in [3.8, 4) is 0 Å². The number of urea groups is 1. The highest BCUT2D eigenvalue weighted by Gasteiger charge is 2.54. The number of nitrogens with one attached hydrogen (secondary N) is 1. The van der Waals surface area contributed by atoms with Gasteiger partial charge in [0.1, 0.15) is 0 Å². The molecule has 1 heterocycles. The van der Waals surface area contributed by atoms with E-state index in [4.69, 9.17) is 0 Å². The van der Waals surface area contributed by atoms with Gasteiger partial charge in [0.25, 0.3) is 0 Å². The smallest absolute Gasteiger partial charge is 0.380 e. The number of amides is 2. The molecule has 0 radical (unpaired) electrons. The third-order valence-electron chi connectivity index (χ3n) is 4.39. The molecule has 2 amide bonds. The van der Waals surface area contributed by atoms with E-state index in [0.29, 0.717) is 6.54 Å². The lowest BCUT2D eigenvalue weighted by atomic mass is 9.91. The Bertz CT molecular complexity index is 365. The molecule has 1 aliphatic heterocycles. The molecule has 0 aromatic heterocycles. The van der Waals surface area contributed by atoms with E-state index in [1.807, 2.05) is 20.8 Å². The standard InChI is InChI=1S/C14H26F3N3O2/c1-4-19(5-2)11(3)10-18-12(21)20-8-6-13(22,7-9-20)14(15,16)17/h11,22H,4-10H2,1-3H3,(H,18,21). The summed E-state index contributed by atoms with van der Waals surface area (Å²) in [6, 6.07) is -0.209. The molecule has 22 heavy (non-hydrogen) atoms. The maximum absolute atomic E-state index is 12.7. The monoisotopic (exact) mass is 325 g/mol. The molecule has 1 aliphatic rings. The molecule has 0 bridgehead atoms. The highest BCUT2D eigenvalue weighted by Crippen LogP contribution is 2.38. The molecule has 0 aliphatic carbocycles. The first kappa shape index (κ1) is 19.0. The van der Waals surface area contributed by atoms with Crippen LogP contribution >= 0.6 is 0 Å². The fourth-order valence-electron chi connectivity index (χ4n) is 2.69. The van der Waals surface area contributed by atoms with Gasteiger partial charge in [0.05, 0.1) is 0 Å². The zero-order valence-electron chi connectivity index (χ0n) is 13.4. The van der Waals surface area contributed by atoms with Gasteiger partial charge < -0.3 is 15.3 Å². The number of carbonyl (C=O) groups is 1. The Morgan fingerprint density at radius 3 is 2.23 bits per heavy atom. The van der Waals surface area contributed by atoms with Crippen LogP contribution in [0, 0.1) is 0 Å². The van der Waals surface area contributed by atoms with E-state index in [0.717, 1.165) is 13.1 Å². The highest BCUT2D eigenvalue weighted by molar-refractivity contribution is 5.74. The predicted molar refractivity (Wildman–Crippen MR) is 77.6 cm³/mol. The second kappa shape index (κ2) is 7.50. The average molecular weight is 325 g/mol. The summed E-state index contributed by atoms with van der Waals surface area (Å²) in [5.74, 6) is 0. The van der Waals surface area contributed by atoms with Crippen LogP contribution in [0.4, 0.5) is 18.0 Å². The predicted octanol–water partition coefficient (Wildman–Crippen LogP) is 1.82. The van der Waals surface area contributed by atoms with Crippen molar-refractivity contribution in [2.45, 2.75) is 51.4 Å². The van der Waals surface area contributed by atoms with Crippen LogP contribution in [-0.4, -0.2) is 71.5 Å². The van der Waals surface area contributed by atoms with Crippen molar-refractivity contribution in [1.29, 1.82) is 0 Å². The minimum absolute atomic E-state index is 0.0957. The van der Waals surface area contributed by atoms with Gasteiger partial charge in [-0.05, 0) is 20.0 Å². The molecule has 0 aromatic rings. The molecule has 130 valence electrons. The number of alkyl halides is 3. The summed E-state index contributed by atoms with van der Waals surface area (Å²) >= 11 is 0. The van der Waals surface area contributed by atoms with Crippen LogP contribution in [0.1, 0.15) is 33.6 Å². The van der Waals surface area contributed by atoms with Gasteiger partial charge >= 0.3 is 12.2 Å². The second-order valence-corrected chi connectivity index (χ2v) is 5.77. The Labute approximate surface area is 129 Å². The zero-order chi connectivity index (χ0) is 17.0. The summed E-state index contributed by atoms with van der Waals surface area (Å²) in [5.41, 5.74) is -2.67. The van der Waals surface area contributed by atoms with Crippen LogP contribution < -0.4 is 5.32 Å². The van der Waals surface area contributed by atoms with Crippen molar-refractivity contribution in [1.82, 2.24) is 15.1 Å². The van der Waals surface area contributed by atoms with E-state index < -0.39 is 24.6 Å². The van der Waals surface area contributed by atoms with Crippen molar-refractivity contribution in [2.75, 3.05) is 32.7 Å². The van der Waals surface area contributed by atoms with Crippen LogP contribution in [0.3, 0.4) is 0 Å². The number of carbonyl (C=O) groups excluding carboxylic acids is 1. The van der Waals surface area contributed by atoms with E-state index in [-0.39, 0.29) is 25.2 Å². The first-order valence-electron chi connectivity index (χ1n) is 7.70. The Kier molecular flexibility index (Phi) is 6.49. The van der Waals surface area contributed by atoms with Gasteiger partial charge in [0, 0.05) is 38.5 Å². The largest absolute Gasteiger partial charge is 0.417 e. The number of aliphatic hydroxyl groups is 1. The van der Waals surface area contributed by atoms with Gasteiger partial charge in [0.15, 0.2) is 5.60 Å². The number of nitrogens with zero attached hydrogens (tertiary/aromatic N) is 2. The lowest BCUT2D eigenvalue weighted by molar-refractivity contribution is -0.271. The fraction of sp³-hybridized carbons (Fsp3) is 0.929. The molecule has 1 fully saturated rings. The van der Waals surface area contributed by atoms with E-state index >= 15 is 0 Å². The molecule has 0 saturated carbocycles. The number of likely N-dealkylation sites (tertiary alicyclic amines) is 1. The van der Waals surface area contributed by atoms with Gasteiger partial charge in [-0.2, -0.15) is 13.2 Å². The first-order chi connectivity index (χ1) is 10.1. The van der Waals surface area contributed by atoms with Crippen molar-refractivity contribution in [2.24, 2.45) is 0 Å². The molecule has 2 N–H and O–H groups in total. The lowest BCUT2D eigenvalue weighted by Crippen LogP contribution is -2.56. The lowest BCUT2D eigenvalue weighted by Gasteiger charge is -2.39. The van der Waals surface area contributed by atoms with Crippen molar-refractivity contribution < 1.29 is 23.1 Å². The first-order valence-corrected chi connectivity index (χ1v) is 7.70. The van der Waals surface area contributed by atoms with E-state index in [2.05, 4.69) is 10.2 Å². The molecule has 1 unspecified atom stereocenters. The minimum atomic E-state index is -4.65. The summed E-state index contributed by atoms with van der Waals surface area (Å²) in [6.07, 6.45) is -5.60. The number of piperidine rings is 1. The quantitative estimate of drug-likeness (QED) is 0.811. The SMILES string of the molecule is CCN(CC)C(C)CNC(=O)N1CCC(O)(C(F)(F)F)CC1. The topological polar surface area (TPSA) is 55.8 Å². The van der Waals surface area contributed by atoms with Crippen LogP contribution in [0.25, 0.3) is 0 Å². The van der Waals surface area contributed by atoms with E-state index in [1.165, 1.54) is 4.90 Å². The van der Waals surface area contributed by atoms with Crippen LogP contribution in [0.2, 0.25) is 0 Å². The number of halogens is 3. The summed E-state index contributed by atoms with van der Waals surface area (Å²) < 4.78 is 38.1. The third kappa shape index (κ3) is 4.49. The van der Waals surface area contributed by atoms with Crippen molar-refractivity contribution >= 4 is 6.03 Å². The molecular formula is C14H26F3N3O2. The molecular weight excluding hydrogens is 299 g/mol. The molecule has 5 nitrogen and oxygen atoms in total. The summed E-state index contributed by atoms with van der Waals surface area (Å²) in [4.78, 5) is 15.5. The summed E-state index contributed by atoms with van der Waals surface area (Å²) in [6.45, 7) is 8.05. The van der Waals surface area contributed by atoms with Crippen LogP contribution in [0.15, 0.2) is 0 Å². The van der Waals surface area contributed by atoms with Gasteiger partial charge in [0.2, 0.25) is 0 Å². The van der Waals surface area contributed by atoms with Crippen molar-refractivity contribution in [3.63, 3.8) is 0 Å². The maximum Gasteiger partial charge on any atom is 0.417 e. The normalized spacial score (nSPS) is 20.1.